The van der Waals surface area contributed by atoms with Gasteiger partial charge in [-0.15, -0.1) is 0 Å². The third-order valence-corrected chi connectivity index (χ3v) is 5.79. The van der Waals surface area contributed by atoms with Gasteiger partial charge in [-0.3, -0.25) is 0 Å². The lowest BCUT2D eigenvalue weighted by Crippen LogP contribution is -2.43. The predicted molar refractivity (Wildman–Crippen MR) is 91.5 cm³/mol. The van der Waals surface area contributed by atoms with Crippen LogP contribution in [0.3, 0.4) is 0 Å². The smallest absolute Gasteiger partial charge is 0.241 e. The van der Waals surface area contributed by atoms with Gasteiger partial charge in [0.15, 0.2) is 0 Å². The lowest BCUT2D eigenvalue weighted by atomic mass is 9.95. The van der Waals surface area contributed by atoms with Crippen LogP contribution in [-0.4, -0.2) is 33.8 Å². The van der Waals surface area contributed by atoms with Gasteiger partial charge in [0, 0.05) is 18.1 Å². The zero-order valence-corrected chi connectivity index (χ0v) is 15.0. The van der Waals surface area contributed by atoms with Gasteiger partial charge in [-0.2, -0.15) is 0 Å². The molecule has 2 N–H and O–H groups in total. The van der Waals surface area contributed by atoms with E-state index in [1.807, 2.05) is 6.07 Å². The fourth-order valence-electron chi connectivity index (χ4n) is 2.18. The maximum atomic E-state index is 12.4. The fourth-order valence-corrected chi connectivity index (χ4v) is 4.27. The Bertz CT molecular complexity index is 752. The van der Waals surface area contributed by atoms with Gasteiger partial charge in [-0.1, -0.05) is 42.5 Å². The van der Waals surface area contributed by atoms with Crippen LogP contribution >= 0.6 is 15.9 Å². The Hall–Kier alpha value is -1.25. The summed E-state index contributed by atoms with van der Waals surface area (Å²) in [5.41, 5.74) is -0.874. The topological polar surface area (TPSA) is 75.6 Å². The Balaban J connectivity index is 2.24. The molecule has 0 radical (unpaired) electrons. The van der Waals surface area contributed by atoms with Crippen LogP contribution in [0.4, 0.5) is 0 Å². The number of ether oxygens (including phenoxy) is 1. The SMILES string of the molecule is COCC(O)(CNS(=O)(=O)c1ccccc1Br)c1ccccc1. The molecule has 2 aromatic rings. The number of methoxy groups -OCH3 is 1. The van der Waals surface area contributed by atoms with E-state index in [0.717, 1.165) is 0 Å². The van der Waals surface area contributed by atoms with Crippen LogP contribution < -0.4 is 4.72 Å². The molecule has 7 heteroatoms. The minimum Gasteiger partial charge on any atom is -0.381 e. The molecule has 0 saturated carbocycles. The number of aliphatic hydroxyl groups is 1. The Morgan fingerprint density at radius 1 is 1.13 bits per heavy atom. The molecule has 23 heavy (non-hydrogen) atoms. The second kappa shape index (κ2) is 7.55. The van der Waals surface area contributed by atoms with Crippen molar-refractivity contribution >= 4 is 26.0 Å². The highest BCUT2D eigenvalue weighted by Crippen LogP contribution is 2.24. The highest BCUT2D eigenvalue weighted by atomic mass is 79.9. The summed E-state index contributed by atoms with van der Waals surface area (Å²) in [4.78, 5) is 0.118. The van der Waals surface area contributed by atoms with Crippen LogP contribution in [0.2, 0.25) is 0 Å². The molecule has 0 saturated heterocycles. The zero-order chi connectivity index (χ0) is 16.9. The number of sulfonamides is 1. The average molecular weight is 400 g/mol. The Kier molecular flexibility index (Phi) is 5.94. The molecule has 0 bridgehead atoms. The second-order valence-corrected chi connectivity index (χ2v) is 7.68. The number of hydrogen-bond acceptors (Lipinski definition) is 4. The highest BCUT2D eigenvalue weighted by Gasteiger charge is 2.31. The maximum Gasteiger partial charge on any atom is 0.241 e. The van der Waals surface area contributed by atoms with Crippen molar-refractivity contribution in [2.75, 3.05) is 20.3 Å². The molecule has 0 aliphatic rings. The second-order valence-electron chi connectivity index (χ2n) is 5.09. The van der Waals surface area contributed by atoms with E-state index in [2.05, 4.69) is 20.7 Å². The van der Waals surface area contributed by atoms with Gasteiger partial charge >= 0.3 is 0 Å². The molecule has 0 heterocycles. The number of rotatable bonds is 7. The van der Waals surface area contributed by atoms with Crippen molar-refractivity contribution in [2.24, 2.45) is 0 Å². The Morgan fingerprint density at radius 3 is 2.35 bits per heavy atom. The van der Waals surface area contributed by atoms with Crippen LogP contribution in [-0.2, 0) is 20.4 Å². The maximum absolute atomic E-state index is 12.4. The standard InChI is InChI=1S/C16H18BrNO4S/c1-22-12-16(19,13-7-3-2-4-8-13)11-18-23(20,21)15-10-6-5-9-14(15)17/h2-10,18-19H,11-12H2,1H3. The van der Waals surface area contributed by atoms with E-state index in [1.165, 1.54) is 13.2 Å². The number of nitrogens with one attached hydrogen (secondary N) is 1. The molecule has 0 amide bonds. The summed E-state index contributed by atoms with van der Waals surface area (Å²) in [5, 5.41) is 10.8. The third-order valence-electron chi connectivity index (χ3n) is 3.38. The van der Waals surface area contributed by atoms with Crippen molar-refractivity contribution in [1.29, 1.82) is 0 Å². The molecule has 0 spiro atoms. The first-order valence-electron chi connectivity index (χ1n) is 6.90. The molecule has 0 aliphatic carbocycles. The molecule has 0 aromatic heterocycles. The summed E-state index contributed by atoms with van der Waals surface area (Å²) in [6, 6.07) is 15.3. The van der Waals surface area contributed by atoms with Crippen molar-refractivity contribution in [2.45, 2.75) is 10.5 Å². The van der Waals surface area contributed by atoms with Gasteiger partial charge in [0.1, 0.15) is 5.60 Å². The summed E-state index contributed by atoms with van der Waals surface area (Å²) in [5.74, 6) is 0. The minimum absolute atomic E-state index is 0.0322. The molecular weight excluding hydrogens is 382 g/mol. The minimum atomic E-state index is -3.76. The molecular formula is C16H18BrNO4S. The molecule has 124 valence electrons. The predicted octanol–water partition coefficient (Wildman–Crippen LogP) is 2.26. The third kappa shape index (κ3) is 4.39. The summed E-state index contributed by atoms with van der Waals surface area (Å²) in [6.45, 7) is -0.232. The van der Waals surface area contributed by atoms with Gasteiger partial charge in [0.05, 0.1) is 11.5 Å². The molecule has 2 aromatic carbocycles. The Labute approximate surface area is 144 Å². The van der Waals surface area contributed by atoms with Gasteiger partial charge < -0.3 is 9.84 Å². The molecule has 1 unspecified atom stereocenters. The summed E-state index contributed by atoms with van der Waals surface area (Å²) < 4.78 is 32.9. The Morgan fingerprint density at radius 2 is 1.74 bits per heavy atom. The van der Waals surface area contributed by atoms with Crippen molar-refractivity contribution < 1.29 is 18.3 Å². The molecule has 1 atom stereocenters. The summed E-state index contributed by atoms with van der Waals surface area (Å²) in [7, 11) is -2.31. The molecule has 2 rings (SSSR count). The zero-order valence-electron chi connectivity index (χ0n) is 12.6. The van der Waals surface area contributed by atoms with E-state index >= 15 is 0 Å². The largest absolute Gasteiger partial charge is 0.381 e. The van der Waals surface area contributed by atoms with Crippen molar-refractivity contribution in [3.8, 4) is 0 Å². The molecule has 0 fully saturated rings. The lowest BCUT2D eigenvalue weighted by Gasteiger charge is -2.28. The summed E-state index contributed by atoms with van der Waals surface area (Å²) in [6.07, 6.45) is 0. The summed E-state index contributed by atoms with van der Waals surface area (Å²) >= 11 is 3.22. The number of benzene rings is 2. The number of hydrogen-bond donors (Lipinski definition) is 2. The van der Waals surface area contributed by atoms with E-state index in [4.69, 9.17) is 4.74 Å². The monoisotopic (exact) mass is 399 g/mol. The molecule has 5 nitrogen and oxygen atoms in total. The van der Waals surface area contributed by atoms with Crippen LogP contribution in [0.1, 0.15) is 5.56 Å². The average Bonchev–Trinajstić information content (AvgIpc) is 2.54. The first-order chi connectivity index (χ1) is 10.9. The normalized spacial score (nSPS) is 14.4. The van der Waals surface area contributed by atoms with Crippen LogP contribution in [0.25, 0.3) is 0 Å². The van der Waals surface area contributed by atoms with E-state index < -0.39 is 15.6 Å². The first-order valence-corrected chi connectivity index (χ1v) is 9.18. The van der Waals surface area contributed by atoms with Crippen molar-refractivity contribution in [3.05, 3.63) is 64.6 Å². The lowest BCUT2D eigenvalue weighted by molar-refractivity contribution is -0.0310. The molecule has 0 aliphatic heterocycles. The van der Waals surface area contributed by atoms with E-state index in [1.54, 1.807) is 42.5 Å². The van der Waals surface area contributed by atoms with Crippen LogP contribution in [0.5, 0.6) is 0 Å². The number of halogens is 1. The van der Waals surface area contributed by atoms with Gasteiger partial charge in [-0.25, -0.2) is 13.1 Å². The van der Waals surface area contributed by atoms with Gasteiger partial charge in [-0.05, 0) is 33.6 Å². The van der Waals surface area contributed by atoms with Crippen molar-refractivity contribution in [3.63, 3.8) is 0 Å². The van der Waals surface area contributed by atoms with Gasteiger partial charge in [0.25, 0.3) is 0 Å². The highest BCUT2D eigenvalue weighted by molar-refractivity contribution is 9.10. The van der Waals surface area contributed by atoms with Crippen LogP contribution in [0, 0.1) is 0 Å². The van der Waals surface area contributed by atoms with Crippen LogP contribution in [0.15, 0.2) is 64.0 Å². The van der Waals surface area contributed by atoms with E-state index in [0.29, 0.717) is 10.0 Å². The fraction of sp³-hybridized carbons (Fsp3) is 0.250. The van der Waals surface area contributed by atoms with Gasteiger partial charge in [0.2, 0.25) is 10.0 Å². The van der Waals surface area contributed by atoms with E-state index in [9.17, 15) is 13.5 Å². The first kappa shape index (κ1) is 18.1. The van der Waals surface area contributed by atoms with Crippen molar-refractivity contribution in [1.82, 2.24) is 4.72 Å². The van der Waals surface area contributed by atoms with E-state index in [-0.39, 0.29) is 18.0 Å². The quantitative estimate of drug-likeness (QED) is 0.748.